The van der Waals surface area contributed by atoms with Crippen LogP contribution in [0.4, 0.5) is 16.0 Å². The minimum absolute atomic E-state index is 0.114. The van der Waals surface area contributed by atoms with Crippen molar-refractivity contribution in [1.82, 2.24) is 29.9 Å². The van der Waals surface area contributed by atoms with Crippen molar-refractivity contribution in [2.45, 2.75) is 32.9 Å². The van der Waals surface area contributed by atoms with Gasteiger partial charge >= 0.3 is 6.01 Å². The summed E-state index contributed by atoms with van der Waals surface area (Å²) in [5.41, 5.74) is 7.92. The Bertz CT molecular complexity index is 1020. The van der Waals surface area contributed by atoms with Gasteiger partial charge in [-0.05, 0) is 25.0 Å². The third-order valence-corrected chi connectivity index (χ3v) is 5.16. The number of piperazine rings is 1. The van der Waals surface area contributed by atoms with Crippen molar-refractivity contribution in [2.24, 2.45) is 0 Å². The van der Waals surface area contributed by atoms with E-state index in [4.69, 9.17) is 10.5 Å². The summed E-state index contributed by atoms with van der Waals surface area (Å²) >= 11 is 0. The molecule has 0 spiro atoms. The van der Waals surface area contributed by atoms with E-state index in [0.717, 1.165) is 50.4 Å². The number of halogens is 1. The number of rotatable bonds is 7. The number of pyridine rings is 1. The van der Waals surface area contributed by atoms with E-state index >= 15 is 4.39 Å². The molecule has 1 fully saturated rings. The average Bonchev–Trinajstić information content (AvgIpc) is 3.18. The van der Waals surface area contributed by atoms with Crippen molar-refractivity contribution < 1.29 is 9.13 Å². The molecule has 1 saturated heterocycles. The number of imidazole rings is 1. The highest BCUT2D eigenvalue weighted by atomic mass is 19.1. The summed E-state index contributed by atoms with van der Waals surface area (Å²) in [4.78, 5) is 15.1. The molecule has 1 aliphatic heterocycles. The number of fused-ring (bicyclic) bond motifs is 1. The van der Waals surface area contributed by atoms with E-state index in [1.54, 1.807) is 6.20 Å². The van der Waals surface area contributed by atoms with Gasteiger partial charge in [0.1, 0.15) is 11.5 Å². The normalized spacial score (nSPS) is 15.5. The number of alkyl halides is 1. The lowest BCUT2D eigenvalue weighted by atomic mass is 10.1. The van der Waals surface area contributed by atoms with Gasteiger partial charge < -0.3 is 20.7 Å². The maximum Gasteiger partial charge on any atom is 0.336 e. The molecule has 1 unspecified atom stereocenters. The fourth-order valence-corrected chi connectivity index (χ4v) is 3.55. The van der Waals surface area contributed by atoms with Gasteiger partial charge in [0.15, 0.2) is 17.6 Å². The summed E-state index contributed by atoms with van der Waals surface area (Å²) in [6, 6.07) is 1.95. The number of hydrogen-bond donors (Lipinski definition) is 2. The van der Waals surface area contributed by atoms with Crippen LogP contribution in [0.15, 0.2) is 18.5 Å². The number of nitrogen functional groups attached to an aromatic ring is 1. The van der Waals surface area contributed by atoms with Crippen LogP contribution in [0.2, 0.25) is 0 Å². The minimum atomic E-state index is -1.46. The molecule has 10 heteroatoms. The number of nitrogens with one attached hydrogen (secondary N) is 1. The largest absolute Gasteiger partial charge is 0.462 e. The summed E-state index contributed by atoms with van der Waals surface area (Å²) in [7, 11) is 0. The predicted molar refractivity (Wildman–Crippen MR) is 113 cm³/mol. The van der Waals surface area contributed by atoms with Gasteiger partial charge in [0.05, 0.1) is 12.8 Å². The molecule has 9 nitrogen and oxygen atoms in total. The van der Waals surface area contributed by atoms with Crippen LogP contribution in [0.25, 0.3) is 5.65 Å². The van der Waals surface area contributed by atoms with Crippen LogP contribution in [-0.4, -0.2) is 57.4 Å². The molecule has 3 aromatic heterocycles. The zero-order valence-electron chi connectivity index (χ0n) is 17.3. The topological polar surface area (TPSA) is 106 Å². The van der Waals surface area contributed by atoms with Gasteiger partial charge in [-0.1, -0.05) is 13.3 Å². The Morgan fingerprint density at radius 1 is 1.27 bits per heavy atom. The fraction of sp³-hybridized carbons (Fsp3) is 0.500. The Balaban J connectivity index is 1.62. The molecule has 30 heavy (non-hydrogen) atoms. The lowest BCUT2D eigenvalue weighted by Gasteiger charge is -2.29. The molecule has 4 heterocycles. The smallest absolute Gasteiger partial charge is 0.336 e. The van der Waals surface area contributed by atoms with Gasteiger partial charge in [-0.2, -0.15) is 4.98 Å². The second-order valence-corrected chi connectivity index (χ2v) is 7.41. The number of nitrogens with zero attached hydrogens (tertiary/aromatic N) is 6. The van der Waals surface area contributed by atoms with Crippen molar-refractivity contribution in [3.63, 3.8) is 0 Å². The zero-order chi connectivity index (χ0) is 21.1. The van der Waals surface area contributed by atoms with Gasteiger partial charge in [-0.25, -0.2) is 18.9 Å². The third-order valence-electron chi connectivity index (χ3n) is 5.16. The van der Waals surface area contributed by atoms with Gasteiger partial charge in [0, 0.05) is 37.9 Å². The Hall–Kier alpha value is -3.01. The SMILES string of the molecule is CCCCOc1nc(N)c2ncc(C(F)c3cnc(N4CCNCC4)c(C)c3)n2n1. The first kappa shape index (κ1) is 20.3. The van der Waals surface area contributed by atoms with E-state index in [-0.39, 0.29) is 17.5 Å². The molecule has 0 saturated carbocycles. The summed E-state index contributed by atoms with van der Waals surface area (Å²) < 4.78 is 22.4. The Kier molecular flexibility index (Phi) is 5.93. The van der Waals surface area contributed by atoms with E-state index in [2.05, 4.69) is 37.2 Å². The molecular formula is C20H27FN8O. The number of ether oxygens (including phenoxy) is 1. The molecule has 3 aromatic rings. The number of hydrogen-bond acceptors (Lipinski definition) is 8. The highest BCUT2D eigenvalue weighted by Crippen LogP contribution is 2.30. The molecule has 4 rings (SSSR count). The number of nitrogens with two attached hydrogens (primary N) is 1. The Morgan fingerprint density at radius 2 is 2.07 bits per heavy atom. The van der Waals surface area contributed by atoms with Crippen LogP contribution >= 0.6 is 0 Å². The highest BCUT2D eigenvalue weighted by molar-refractivity contribution is 5.60. The molecule has 1 aliphatic rings. The molecule has 0 amide bonds. The van der Waals surface area contributed by atoms with E-state index in [0.29, 0.717) is 17.8 Å². The number of unbranched alkanes of at least 4 members (excludes halogenated alkanes) is 1. The van der Waals surface area contributed by atoms with Gasteiger partial charge in [-0.15, -0.1) is 5.10 Å². The van der Waals surface area contributed by atoms with Crippen LogP contribution in [0.5, 0.6) is 6.01 Å². The molecule has 160 valence electrons. The van der Waals surface area contributed by atoms with Crippen molar-refractivity contribution in [3.05, 3.63) is 35.3 Å². The summed E-state index contributed by atoms with van der Waals surface area (Å²) in [5.74, 6) is 1.04. The fourth-order valence-electron chi connectivity index (χ4n) is 3.55. The zero-order valence-corrected chi connectivity index (χ0v) is 17.3. The van der Waals surface area contributed by atoms with Crippen LogP contribution in [0, 0.1) is 6.92 Å². The first-order chi connectivity index (χ1) is 14.6. The van der Waals surface area contributed by atoms with E-state index in [1.165, 1.54) is 10.7 Å². The molecule has 1 atom stereocenters. The van der Waals surface area contributed by atoms with Crippen LogP contribution in [-0.2, 0) is 0 Å². The van der Waals surface area contributed by atoms with Crippen LogP contribution in [0.1, 0.15) is 42.8 Å². The molecular weight excluding hydrogens is 387 g/mol. The summed E-state index contributed by atoms with van der Waals surface area (Å²) in [6.07, 6.45) is 3.41. The summed E-state index contributed by atoms with van der Waals surface area (Å²) in [5, 5.41) is 7.62. The predicted octanol–water partition coefficient (Wildman–Crippen LogP) is 2.06. The highest BCUT2D eigenvalue weighted by Gasteiger charge is 2.23. The maximum absolute atomic E-state index is 15.5. The Morgan fingerprint density at radius 3 is 2.80 bits per heavy atom. The first-order valence-corrected chi connectivity index (χ1v) is 10.3. The third kappa shape index (κ3) is 4.00. The maximum atomic E-state index is 15.5. The molecule has 0 bridgehead atoms. The van der Waals surface area contributed by atoms with E-state index < -0.39 is 6.17 Å². The minimum Gasteiger partial charge on any atom is -0.462 e. The molecule has 0 radical (unpaired) electrons. The van der Waals surface area contributed by atoms with E-state index in [9.17, 15) is 0 Å². The lowest BCUT2D eigenvalue weighted by molar-refractivity contribution is 0.279. The first-order valence-electron chi connectivity index (χ1n) is 10.3. The Labute approximate surface area is 174 Å². The second-order valence-electron chi connectivity index (χ2n) is 7.41. The molecule has 0 aromatic carbocycles. The van der Waals surface area contributed by atoms with E-state index in [1.807, 2.05) is 13.0 Å². The van der Waals surface area contributed by atoms with Crippen LogP contribution in [0.3, 0.4) is 0 Å². The quantitative estimate of drug-likeness (QED) is 0.566. The van der Waals surface area contributed by atoms with Crippen molar-refractivity contribution in [3.8, 4) is 6.01 Å². The van der Waals surface area contributed by atoms with Gasteiger partial charge in [0.2, 0.25) is 0 Å². The lowest BCUT2D eigenvalue weighted by Crippen LogP contribution is -2.44. The van der Waals surface area contributed by atoms with Crippen molar-refractivity contribution in [1.29, 1.82) is 0 Å². The summed E-state index contributed by atoms with van der Waals surface area (Å²) in [6.45, 7) is 8.09. The van der Waals surface area contributed by atoms with Gasteiger partial charge in [0.25, 0.3) is 0 Å². The van der Waals surface area contributed by atoms with Crippen molar-refractivity contribution >= 4 is 17.3 Å². The number of aryl methyl sites for hydroxylation is 1. The van der Waals surface area contributed by atoms with Gasteiger partial charge in [-0.3, -0.25) is 0 Å². The monoisotopic (exact) mass is 414 g/mol. The number of aromatic nitrogens is 5. The molecule has 3 N–H and O–H groups in total. The molecule has 0 aliphatic carbocycles. The number of anilines is 2. The standard InChI is InChI=1S/C20H27FN8O/c1-3-4-9-30-20-26-17(22)19-25-12-15(29(19)27-20)16(21)14-10-13(2)18(24-11-14)28-7-5-23-6-8-28/h10-12,16,23H,3-9H2,1-2H3,(H2,22,26,27). The average molecular weight is 414 g/mol. The van der Waals surface area contributed by atoms with Crippen LogP contribution < -0.4 is 20.7 Å². The van der Waals surface area contributed by atoms with Crippen molar-refractivity contribution in [2.75, 3.05) is 43.4 Å². The second kappa shape index (κ2) is 8.78.